The highest BCUT2D eigenvalue weighted by molar-refractivity contribution is 7.13. The van der Waals surface area contributed by atoms with Gasteiger partial charge in [-0.25, -0.2) is 4.98 Å². The third-order valence-electron chi connectivity index (χ3n) is 4.71. The number of ether oxygens (including phenoxy) is 1. The number of aromatic nitrogens is 2. The molecular formula is C25H23N3O2S. The molecule has 156 valence electrons. The van der Waals surface area contributed by atoms with E-state index < -0.39 is 0 Å². The fourth-order valence-corrected chi connectivity index (χ4v) is 3.91. The standard InChI is InChI=1S/C25H23N3O2S/c1-18-7-9-22(10-8-18)30-15-3-6-24(29)27-21-5-2-4-20(16-21)23-17-31-25(28-23)19-11-13-26-14-12-19/h2,4-5,7-14,16-17H,3,6,15H2,1H3,(H,27,29). The Morgan fingerprint density at radius 3 is 2.65 bits per heavy atom. The molecule has 0 aliphatic rings. The van der Waals surface area contributed by atoms with Crippen molar-refractivity contribution in [3.05, 3.63) is 84.0 Å². The molecule has 0 radical (unpaired) electrons. The molecule has 1 amide bonds. The Kier molecular flexibility index (Phi) is 6.69. The predicted molar refractivity (Wildman–Crippen MR) is 125 cm³/mol. The lowest BCUT2D eigenvalue weighted by atomic mass is 10.1. The van der Waals surface area contributed by atoms with Crippen LogP contribution < -0.4 is 10.1 Å². The molecule has 1 N–H and O–H groups in total. The number of hydrogen-bond donors (Lipinski definition) is 1. The van der Waals surface area contributed by atoms with E-state index in [1.807, 2.05) is 73.0 Å². The highest BCUT2D eigenvalue weighted by Gasteiger charge is 2.08. The number of nitrogens with one attached hydrogen (secondary N) is 1. The summed E-state index contributed by atoms with van der Waals surface area (Å²) >= 11 is 1.59. The van der Waals surface area contributed by atoms with Gasteiger partial charge in [-0.1, -0.05) is 29.8 Å². The molecule has 4 rings (SSSR count). The number of benzene rings is 2. The summed E-state index contributed by atoms with van der Waals surface area (Å²) in [6, 6.07) is 19.6. The maximum absolute atomic E-state index is 12.3. The van der Waals surface area contributed by atoms with Crippen molar-refractivity contribution in [3.8, 4) is 27.6 Å². The van der Waals surface area contributed by atoms with Crippen molar-refractivity contribution in [1.29, 1.82) is 0 Å². The van der Waals surface area contributed by atoms with Crippen LogP contribution in [0.1, 0.15) is 18.4 Å². The molecule has 5 nitrogen and oxygen atoms in total. The van der Waals surface area contributed by atoms with Crippen LogP contribution in [0, 0.1) is 6.92 Å². The maximum atomic E-state index is 12.3. The summed E-state index contributed by atoms with van der Waals surface area (Å²) in [5.74, 6) is 0.800. The van der Waals surface area contributed by atoms with Crippen LogP contribution in [0.5, 0.6) is 5.75 Å². The zero-order valence-corrected chi connectivity index (χ0v) is 18.1. The van der Waals surface area contributed by atoms with Crippen LogP contribution in [0.3, 0.4) is 0 Å². The van der Waals surface area contributed by atoms with Crippen LogP contribution in [0.2, 0.25) is 0 Å². The van der Waals surface area contributed by atoms with Gasteiger partial charge in [-0.2, -0.15) is 0 Å². The molecule has 0 saturated carbocycles. The number of carbonyl (C=O) groups excluding carboxylic acids is 1. The van der Waals surface area contributed by atoms with Gasteiger partial charge in [0, 0.05) is 41.0 Å². The zero-order valence-electron chi connectivity index (χ0n) is 17.2. The van der Waals surface area contributed by atoms with Crippen molar-refractivity contribution in [2.24, 2.45) is 0 Å². The van der Waals surface area contributed by atoms with Crippen LogP contribution in [-0.4, -0.2) is 22.5 Å². The van der Waals surface area contributed by atoms with Crippen molar-refractivity contribution < 1.29 is 9.53 Å². The highest BCUT2D eigenvalue weighted by atomic mass is 32.1. The van der Waals surface area contributed by atoms with Crippen molar-refractivity contribution in [2.75, 3.05) is 11.9 Å². The van der Waals surface area contributed by atoms with Gasteiger partial charge in [0.15, 0.2) is 0 Å². The SMILES string of the molecule is Cc1ccc(OCCCC(=O)Nc2cccc(-c3csc(-c4ccncc4)n3)c2)cc1. The Hall–Kier alpha value is -3.51. The van der Waals surface area contributed by atoms with Gasteiger partial charge in [-0.05, 0) is 49.7 Å². The Bertz CT molecular complexity index is 1140. The molecule has 6 heteroatoms. The lowest BCUT2D eigenvalue weighted by Crippen LogP contribution is -2.12. The first-order valence-electron chi connectivity index (χ1n) is 10.1. The number of rotatable bonds is 8. The van der Waals surface area contributed by atoms with Gasteiger partial charge in [0.2, 0.25) is 5.91 Å². The van der Waals surface area contributed by atoms with E-state index in [9.17, 15) is 4.79 Å². The molecule has 0 atom stereocenters. The molecule has 31 heavy (non-hydrogen) atoms. The van der Waals surface area contributed by atoms with Crippen LogP contribution in [0.25, 0.3) is 21.8 Å². The van der Waals surface area contributed by atoms with Gasteiger partial charge in [-0.3, -0.25) is 9.78 Å². The lowest BCUT2D eigenvalue weighted by molar-refractivity contribution is -0.116. The van der Waals surface area contributed by atoms with Crippen molar-refractivity contribution >= 4 is 22.9 Å². The summed E-state index contributed by atoms with van der Waals surface area (Å²) in [5, 5.41) is 5.94. The number of amides is 1. The molecule has 4 aromatic rings. The second-order valence-corrected chi connectivity index (χ2v) is 8.03. The van der Waals surface area contributed by atoms with Crippen LogP contribution in [0.15, 0.2) is 78.4 Å². The van der Waals surface area contributed by atoms with E-state index in [1.165, 1.54) is 5.56 Å². The first kappa shape index (κ1) is 20.8. The smallest absolute Gasteiger partial charge is 0.224 e. The minimum atomic E-state index is -0.0274. The second kappa shape index (κ2) is 10.00. The topological polar surface area (TPSA) is 64.1 Å². The van der Waals surface area contributed by atoms with E-state index >= 15 is 0 Å². The lowest BCUT2D eigenvalue weighted by Gasteiger charge is -2.08. The quantitative estimate of drug-likeness (QED) is 0.350. The van der Waals surface area contributed by atoms with E-state index in [0.717, 1.165) is 33.3 Å². The predicted octanol–water partition coefficient (Wildman–Crippen LogP) is 5.98. The van der Waals surface area contributed by atoms with Crippen molar-refractivity contribution in [1.82, 2.24) is 9.97 Å². The fraction of sp³-hybridized carbons (Fsp3) is 0.160. The Balaban J connectivity index is 1.30. The summed E-state index contributed by atoms with van der Waals surface area (Å²) in [7, 11) is 0. The third kappa shape index (κ3) is 5.77. The third-order valence-corrected chi connectivity index (χ3v) is 5.60. The minimum Gasteiger partial charge on any atom is -0.494 e. The molecule has 0 spiro atoms. The number of carbonyl (C=O) groups is 1. The molecule has 0 unspecified atom stereocenters. The summed E-state index contributed by atoms with van der Waals surface area (Å²) in [4.78, 5) is 21.1. The van der Waals surface area contributed by atoms with E-state index in [4.69, 9.17) is 9.72 Å². The average Bonchev–Trinajstić information content (AvgIpc) is 3.29. The number of hydrogen-bond acceptors (Lipinski definition) is 5. The summed E-state index contributed by atoms with van der Waals surface area (Å²) < 4.78 is 5.69. The van der Waals surface area contributed by atoms with Crippen LogP contribution >= 0.6 is 11.3 Å². The van der Waals surface area contributed by atoms with Gasteiger partial charge in [0.25, 0.3) is 0 Å². The first-order valence-corrected chi connectivity index (χ1v) is 11.0. The molecule has 0 saturated heterocycles. The number of aryl methyl sites for hydroxylation is 1. The number of nitrogens with zero attached hydrogens (tertiary/aromatic N) is 2. The zero-order chi connectivity index (χ0) is 21.5. The molecule has 2 aromatic heterocycles. The maximum Gasteiger partial charge on any atom is 0.224 e. The van der Waals surface area contributed by atoms with Crippen molar-refractivity contribution in [3.63, 3.8) is 0 Å². The van der Waals surface area contributed by atoms with Crippen LogP contribution in [0.4, 0.5) is 5.69 Å². The van der Waals surface area contributed by atoms with Gasteiger partial charge in [0.1, 0.15) is 10.8 Å². The van der Waals surface area contributed by atoms with Crippen molar-refractivity contribution in [2.45, 2.75) is 19.8 Å². The Labute approximate surface area is 185 Å². The normalized spacial score (nSPS) is 10.6. The molecule has 2 aromatic carbocycles. The summed E-state index contributed by atoms with van der Waals surface area (Å²) in [5.41, 5.74) is 4.86. The summed E-state index contributed by atoms with van der Waals surface area (Å²) in [6.07, 6.45) is 4.58. The van der Waals surface area contributed by atoms with Gasteiger partial charge in [0.05, 0.1) is 12.3 Å². The van der Waals surface area contributed by atoms with Gasteiger partial charge >= 0.3 is 0 Å². The molecule has 0 aliphatic carbocycles. The largest absolute Gasteiger partial charge is 0.494 e. The number of anilines is 1. The summed E-state index contributed by atoms with van der Waals surface area (Å²) in [6.45, 7) is 2.55. The van der Waals surface area contributed by atoms with E-state index in [0.29, 0.717) is 19.4 Å². The Morgan fingerprint density at radius 1 is 1.03 bits per heavy atom. The van der Waals surface area contributed by atoms with Crippen LogP contribution in [-0.2, 0) is 4.79 Å². The van der Waals surface area contributed by atoms with Gasteiger partial charge < -0.3 is 10.1 Å². The average molecular weight is 430 g/mol. The highest BCUT2D eigenvalue weighted by Crippen LogP contribution is 2.29. The minimum absolute atomic E-state index is 0.0274. The number of thiazole rings is 1. The Morgan fingerprint density at radius 2 is 1.84 bits per heavy atom. The first-order chi connectivity index (χ1) is 15.2. The van der Waals surface area contributed by atoms with Gasteiger partial charge in [-0.15, -0.1) is 11.3 Å². The van der Waals surface area contributed by atoms with E-state index in [2.05, 4.69) is 10.3 Å². The molecule has 0 fully saturated rings. The molecule has 0 aliphatic heterocycles. The monoisotopic (exact) mass is 429 g/mol. The van der Waals surface area contributed by atoms with E-state index in [-0.39, 0.29) is 5.91 Å². The van der Waals surface area contributed by atoms with E-state index in [1.54, 1.807) is 23.7 Å². The molecular weight excluding hydrogens is 406 g/mol. The molecule has 0 bridgehead atoms. The fourth-order valence-electron chi connectivity index (χ4n) is 3.07. The second-order valence-electron chi connectivity index (χ2n) is 7.17. The number of pyridine rings is 1. The molecule has 2 heterocycles.